The lowest BCUT2D eigenvalue weighted by Crippen LogP contribution is -2.23. The molecule has 0 heterocycles. The van der Waals surface area contributed by atoms with Crippen LogP contribution >= 0.6 is 0 Å². The molecule has 0 saturated carbocycles. The van der Waals surface area contributed by atoms with Crippen molar-refractivity contribution in [3.63, 3.8) is 0 Å². The Bertz CT molecular complexity index is 221. The summed E-state index contributed by atoms with van der Waals surface area (Å²) in [7, 11) is 0. The van der Waals surface area contributed by atoms with E-state index in [-0.39, 0.29) is 12.8 Å². The van der Waals surface area contributed by atoms with Crippen LogP contribution in [0.4, 0.5) is 0 Å². The lowest BCUT2D eigenvalue weighted by molar-refractivity contribution is -0.151. The molecular weight excluding hydrogens is 176 g/mol. The van der Waals surface area contributed by atoms with Gasteiger partial charge in [-0.15, -0.1) is 0 Å². The molecule has 0 saturated heterocycles. The lowest BCUT2D eigenvalue weighted by atomic mass is 9.95. The van der Waals surface area contributed by atoms with Crippen LogP contribution in [0.2, 0.25) is 0 Å². The summed E-state index contributed by atoms with van der Waals surface area (Å²) in [6.07, 6.45) is 0.285. The Morgan fingerprint density at radius 3 is 2.08 bits per heavy atom. The zero-order chi connectivity index (χ0) is 10.4. The maximum Gasteiger partial charge on any atom is 0.372 e. The molecule has 1 unspecified atom stereocenters. The highest BCUT2D eigenvalue weighted by Crippen LogP contribution is 2.12. The van der Waals surface area contributed by atoms with Gasteiger partial charge in [0.05, 0.1) is 0 Å². The van der Waals surface area contributed by atoms with Gasteiger partial charge in [-0.25, -0.2) is 4.79 Å². The van der Waals surface area contributed by atoms with E-state index in [4.69, 9.17) is 10.2 Å². The first-order valence-electron chi connectivity index (χ1n) is 3.98. The molecule has 0 bridgehead atoms. The van der Waals surface area contributed by atoms with E-state index < -0.39 is 23.6 Å². The molecule has 0 aromatic rings. The van der Waals surface area contributed by atoms with Gasteiger partial charge in [-0.3, -0.25) is 9.59 Å². The fraction of sp³-hybridized carbons (Fsp3) is 0.625. The second-order valence-electron chi connectivity index (χ2n) is 2.71. The third-order valence-electron chi connectivity index (χ3n) is 1.78. The van der Waals surface area contributed by atoms with Crippen molar-refractivity contribution in [2.24, 2.45) is 5.92 Å². The predicted molar refractivity (Wildman–Crippen MR) is 43.3 cm³/mol. The maximum atomic E-state index is 10.9. The van der Waals surface area contributed by atoms with Crippen LogP contribution in [0.1, 0.15) is 26.2 Å². The summed E-state index contributed by atoms with van der Waals surface area (Å²) in [6, 6.07) is 0. The number of hydrogen-bond donors (Lipinski definition) is 2. The van der Waals surface area contributed by atoms with E-state index in [1.807, 2.05) is 0 Å². The molecule has 13 heavy (non-hydrogen) atoms. The SMILES string of the molecule is CCC(CCC(=O)O)C(=O)C(=O)O. The van der Waals surface area contributed by atoms with Gasteiger partial charge in [-0.1, -0.05) is 6.92 Å². The average Bonchev–Trinajstić information content (AvgIpc) is 2.04. The van der Waals surface area contributed by atoms with Crippen molar-refractivity contribution in [2.75, 3.05) is 0 Å². The average molecular weight is 188 g/mol. The number of aliphatic carboxylic acids is 2. The Morgan fingerprint density at radius 1 is 1.23 bits per heavy atom. The number of hydrogen-bond acceptors (Lipinski definition) is 3. The Morgan fingerprint density at radius 2 is 1.77 bits per heavy atom. The van der Waals surface area contributed by atoms with Crippen LogP contribution in [0.3, 0.4) is 0 Å². The molecule has 0 fully saturated rings. The van der Waals surface area contributed by atoms with Crippen LogP contribution in [0.15, 0.2) is 0 Å². The van der Waals surface area contributed by atoms with Gasteiger partial charge in [-0.05, 0) is 12.8 Å². The second kappa shape index (κ2) is 5.29. The molecule has 0 spiro atoms. The largest absolute Gasteiger partial charge is 0.481 e. The van der Waals surface area contributed by atoms with Gasteiger partial charge < -0.3 is 10.2 Å². The van der Waals surface area contributed by atoms with Crippen LogP contribution in [0.25, 0.3) is 0 Å². The number of carbonyl (C=O) groups is 3. The van der Waals surface area contributed by atoms with Crippen LogP contribution in [-0.4, -0.2) is 27.9 Å². The molecule has 0 aliphatic rings. The quantitative estimate of drug-likeness (QED) is 0.593. The number of carbonyl (C=O) groups excluding carboxylic acids is 1. The summed E-state index contributed by atoms with van der Waals surface area (Å²) in [5, 5.41) is 16.7. The van der Waals surface area contributed by atoms with Crippen LogP contribution in [0, 0.1) is 5.92 Å². The molecule has 5 heteroatoms. The van der Waals surface area contributed by atoms with E-state index in [0.29, 0.717) is 6.42 Å². The number of Topliss-reactive ketones (excluding diaryl/α,β-unsaturated/α-hetero) is 1. The van der Waals surface area contributed by atoms with E-state index in [2.05, 4.69) is 0 Å². The van der Waals surface area contributed by atoms with Crippen molar-refractivity contribution in [2.45, 2.75) is 26.2 Å². The minimum Gasteiger partial charge on any atom is -0.481 e. The zero-order valence-electron chi connectivity index (χ0n) is 7.32. The standard InChI is InChI=1S/C8H12O5/c1-2-5(3-4-6(9)10)7(11)8(12)13/h5H,2-4H2,1H3,(H,9,10)(H,12,13). The number of carboxylic acid groups (broad SMARTS) is 2. The van der Waals surface area contributed by atoms with Crippen LogP contribution in [0.5, 0.6) is 0 Å². The molecule has 0 radical (unpaired) electrons. The molecule has 74 valence electrons. The zero-order valence-corrected chi connectivity index (χ0v) is 7.32. The molecule has 2 N–H and O–H groups in total. The Kier molecular flexibility index (Phi) is 4.72. The van der Waals surface area contributed by atoms with Gasteiger partial charge in [0, 0.05) is 12.3 Å². The number of carboxylic acids is 2. The molecule has 0 aromatic heterocycles. The molecule has 0 rings (SSSR count). The molecular formula is C8H12O5. The highest BCUT2D eigenvalue weighted by molar-refractivity contribution is 6.33. The third kappa shape index (κ3) is 4.25. The number of ketones is 1. The van der Waals surface area contributed by atoms with Crippen molar-refractivity contribution in [3.05, 3.63) is 0 Å². The highest BCUT2D eigenvalue weighted by atomic mass is 16.4. The summed E-state index contributed by atoms with van der Waals surface area (Å²) in [5.74, 6) is -4.08. The smallest absolute Gasteiger partial charge is 0.372 e. The third-order valence-corrected chi connectivity index (χ3v) is 1.78. The summed E-state index contributed by atoms with van der Waals surface area (Å²) in [5.41, 5.74) is 0. The van der Waals surface area contributed by atoms with Gasteiger partial charge in [-0.2, -0.15) is 0 Å². The first-order chi connectivity index (χ1) is 5.99. The van der Waals surface area contributed by atoms with E-state index in [0.717, 1.165) is 0 Å². The minimum atomic E-state index is -1.49. The van der Waals surface area contributed by atoms with Crippen molar-refractivity contribution in [3.8, 4) is 0 Å². The first kappa shape index (κ1) is 11.6. The van der Waals surface area contributed by atoms with Crippen molar-refractivity contribution in [1.82, 2.24) is 0 Å². The van der Waals surface area contributed by atoms with Crippen molar-refractivity contribution >= 4 is 17.7 Å². The van der Waals surface area contributed by atoms with E-state index in [1.165, 1.54) is 0 Å². The van der Waals surface area contributed by atoms with Crippen molar-refractivity contribution < 1.29 is 24.6 Å². The van der Waals surface area contributed by atoms with Gasteiger partial charge in [0.15, 0.2) is 0 Å². The Labute approximate surface area is 75.4 Å². The lowest BCUT2D eigenvalue weighted by Gasteiger charge is -2.08. The minimum absolute atomic E-state index is 0.0942. The molecule has 5 nitrogen and oxygen atoms in total. The topological polar surface area (TPSA) is 91.7 Å². The summed E-state index contributed by atoms with van der Waals surface area (Å²) >= 11 is 0. The maximum absolute atomic E-state index is 10.9. The van der Waals surface area contributed by atoms with E-state index >= 15 is 0 Å². The number of rotatable bonds is 6. The normalized spacial score (nSPS) is 12.1. The molecule has 0 aliphatic carbocycles. The van der Waals surface area contributed by atoms with E-state index in [9.17, 15) is 14.4 Å². The Hall–Kier alpha value is -1.39. The molecule has 0 aliphatic heterocycles. The van der Waals surface area contributed by atoms with Gasteiger partial charge in [0.25, 0.3) is 0 Å². The summed E-state index contributed by atoms with van der Waals surface area (Å²) in [4.78, 5) is 31.3. The van der Waals surface area contributed by atoms with Crippen molar-refractivity contribution in [1.29, 1.82) is 0 Å². The van der Waals surface area contributed by atoms with Gasteiger partial charge >= 0.3 is 11.9 Å². The molecule has 0 amide bonds. The van der Waals surface area contributed by atoms with Gasteiger partial charge in [0.1, 0.15) is 0 Å². The fourth-order valence-corrected chi connectivity index (χ4v) is 0.993. The predicted octanol–water partition coefficient (Wildman–Crippen LogP) is 0.531. The highest BCUT2D eigenvalue weighted by Gasteiger charge is 2.23. The first-order valence-corrected chi connectivity index (χ1v) is 3.98. The Balaban J connectivity index is 4.10. The summed E-state index contributed by atoms with van der Waals surface area (Å²) < 4.78 is 0. The monoisotopic (exact) mass is 188 g/mol. The second-order valence-corrected chi connectivity index (χ2v) is 2.71. The van der Waals surface area contributed by atoms with Gasteiger partial charge in [0.2, 0.25) is 5.78 Å². The molecule has 1 atom stereocenters. The molecule has 0 aromatic carbocycles. The van der Waals surface area contributed by atoms with Crippen LogP contribution in [-0.2, 0) is 14.4 Å². The van der Waals surface area contributed by atoms with Crippen LogP contribution < -0.4 is 0 Å². The summed E-state index contributed by atoms with van der Waals surface area (Å²) in [6.45, 7) is 1.66. The van der Waals surface area contributed by atoms with E-state index in [1.54, 1.807) is 6.92 Å². The fourth-order valence-electron chi connectivity index (χ4n) is 0.993.